The molecule has 0 aromatic carbocycles. The third-order valence-electron chi connectivity index (χ3n) is 3.00. The highest BCUT2D eigenvalue weighted by Gasteiger charge is 2.45. The second-order valence-corrected chi connectivity index (χ2v) is 4.32. The van der Waals surface area contributed by atoms with Crippen LogP contribution < -0.4 is 0 Å². The standard InChI is InChI=1S/C10H20O5/c1-10(2,14-4)9-8(12)7(11)6(13-3)5-15-9/h6-9,11-12H,5H2,1-4H3/t6-,7+,8+,9-/m1/s1. The van der Waals surface area contributed by atoms with Crippen molar-refractivity contribution in [1.82, 2.24) is 0 Å². The number of aliphatic hydroxyl groups excluding tert-OH is 2. The fourth-order valence-corrected chi connectivity index (χ4v) is 1.73. The molecule has 0 aliphatic carbocycles. The highest BCUT2D eigenvalue weighted by molar-refractivity contribution is 4.95. The molecule has 0 unspecified atom stereocenters. The maximum atomic E-state index is 9.87. The maximum Gasteiger partial charge on any atom is 0.114 e. The van der Waals surface area contributed by atoms with Crippen LogP contribution in [0.4, 0.5) is 0 Å². The first-order valence-electron chi connectivity index (χ1n) is 4.99. The Balaban J connectivity index is 2.72. The lowest BCUT2D eigenvalue weighted by molar-refractivity contribution is -0.239. The van der Waals surface area contributed by atoms with Gasteiger partial charge in [0.05, 0.1) is 12.2 Å². The van der Waals surface area contributed by atoms with Crippen LogP contribution in [0.3, 0.4) is 0 Å². The van der Waals surface area contributed by atoms with Gasteiger partial charge >= 0.3 is 0 Å². The lowest BCUT2D eigenvalue weighted by Gasteiger charge is -2.43. The van der Waals surface area contributed by atoms with E-state index in [1.165, 1.54) is 7.11 Å². The first kappa shape index (κ1) is 12.9. The average Bonchev–Trinajstić information content (AvgIpc) is 2.21. The fraction of sp³-hybridized carbons (Fsp3) is 1.00. The SMILES string of the molecule is CO[C@@H]1CO[C@@H](C(C)(C)OC)[C@@H](O)[C@H]1O. The number of rotatable bonds is 3. The van der Waals surface area contributed by atoms with Crippen LogP contribution in [0.5, 0.6) is 0 Å². The highest BCUT2D eigenvalue weighted by Crippen LogP contribution is 2.27. The van der Waals surface area contributed by atoms with Gasteiger partial charge in [-0.3, -0.25) is 0 Å². The van der Waals surface area contributed by atoms with Crippen molar-refractivity contribution < 1.29 is 24.4 Å². The Morgan fingerprint density at radius 1 is 1.20 bits per heavy atom. The Morgan fingerprint density at radius 3 is 2.27 bits per heavy atom. The van der Waals surface area contributed by atoms with E-state index in [1.807, 2.05) is 0 Å². The first-order chi connectivity index (χ1) is 6.94. The molecule has 0 spiro atoms. The van der Waals surface area contributed by atoms with E-state index in [-0.39, 0.29) is 6.61 Å². The largest absolute Gasteiger partial charge is 0.388 e. The van der Waals surface area contributed by atoms with Gasteiger partial charge in [-0.05, 0) is 13.8 Å². The molecule has 1 fully saturated rings. The van der Waals surface area contributed by atoms with E-state index >= 15 is 0 Å². The number of hydrogen-bond acceptors (Lipinski definition) is 5. The number of hydrogen-bond donors (Lipinski definition) is 2. The van der Waals surface area contributed by atoms with Gasteiger partial charge in [0.1, 0.15) is 24.4 Å². The van der Waals surface area contributed by atoms with E-state index in [1.54, 1.807) is 21.0 Å². The molecule has 1 heterocycles. The van der Waals surface area contributed by atoms with Crippen LogP contribution in [0.2, 0.25) is 0 Å². The van der Waals surface area contributed by atoms with Gasteiger partial charge in [0.15, 0.2) is 0 Å². The third-order valence-corrected chi connectivity index (χ3v) is 3.00. The Kier molecular flexibility index (Phi) is 4.08. The average molecular weight is 220 g/mol. The number of methoxy groups -OCH3 is 2. The molecule has 4 atom stereocenters. The van der Waals surface area contributed by atoms with Gasteiger partial charge in [0.2, 0.25) is 0 Å². The molecule has 0 aromatic heterocycles. The van der Waals surface area contributed by atoms with Crippen LogP contribution in [-0.2, 0) is 14.2 Å². The van der Waals surface area contributed by atoms with Crippen LogP contribution in [0.15, 0.2) is 0 Å². The molecule has 0 radical (unpaired) electrons. The van der Waals surface area contributed by atoms with E-state index in [4.69, 9.17) is 14.2 Å². The van der Waals surface area contributed by atoms with Crippen LogP contribution >= 0.6 is 0 Å². The molecule has 2 N–H and O–H groups in total. The van der Waals surface area contributed by atoms with E-state index in [2.05, 4.69) is 0 Å². The Morgan fingerprint density at radius 2 is 1.80 bits per heavy atom. The second kappa shape index (κ2) is 4.76. The summed E-state index contributed by atoms with van der Waals surface area (Å²) in [5.41, 5.74) is -0.640. The second-order valence-electron chi connectivity index (χ2n) is 4.32. The Bertz CT molecular complexity index is 206. The zero-order chi connectivity index (χ0) is 11.6. The van der Waals surface area contributed by atoms with Crippen LogP contribution in [-0.4, -0.2) is 61.1 Å². The molecular weight excluding hydrogens is 200 g/mol. The van der Waals surface area contributed by atoms with Gasteiger partial charge in [-0.15, -0.1) is 0 Å². The van der Waals surface area contributed by atoms with Gasteiger partial charge < -0.3 is 24.4 Å². The molecule has 5 nitrogen and oxygen atoms in total. The summed E-state index contributed by atoms with van der Waals surface area (Å²) in [6.07, 6.45) is -2.98. The summed E-state index contributed by atoms with van der Waals surface area (Å²) in [5.74, 6) is 0. The van der Waals surface area contributed by atoms with Crippen molar-refractivity contribution in [2.24, 2.45) is 0 Å². The highest BCUT2D eigenvalue weighted by atomic mass is 16.6. The molecule has 1 saturated heterocycles. The van der Waals surface area contributed by atoms with E-state index in [0.717, 1.165) is 0 Å². The van der Waals surface area contributed by atoms with E-state index in [0.29, 0.717) is 0 Å². The predicted octanol–water partition coefficient (Wildman–Crippen LogP) is -0.453. The van der Waals surface area contributed by atoms with Crippen LogP contribution in [0.1, 0.15) is 13.8 Å². The molecule has 1 aliphatic rings. The molecule has 0 aromatic rings. The van der Waals surface area contributed by atoms with E-state index < -0.39 is 30.0 Å². The van der Waals surface area contributed by atoms with Crippen LogP contribution in [0, 0.1) is 0 Å². The summed E-state index contributed by atoms with van der Waals surface area (Å²) in [6, 6.07) is 0. The molecule has 1 aliphatic heterocycles. The topological polar surface area (TPSA) is 68.2 Å². The molecule has 0 bridgehead atoms. The minimum atomic E-state index is -1.00. The van der Waals surface area contributed by atoms with Crippen molar-refractivity contribution in [2.75, 3.05) is 20.8 Å². The zero-order valence-electron chi connectivity index (χ0n) is 9.64. The normalized spacial score (nSPS) is 38.0. The quantitative estimate of drug-likeness (QED) is 0.674. The minimum absolute atomic E-state index is 0.256. The van der Waals surface area contributed by atoms with Gasteiger partial charge in [0.25, 0.3) is 0 Å². The summed E-state index contributed by atoms with van der Waals surface area (Å²) in [5, 5.41) is 19.6. The molecule has 0 saturated carbocycles. The first-order valence-corrected chi connectivity index (χ1v) is 4.99. The molecule has 15 heavy (non-hydrogen) atoms. The van der Waals surface area contributed by atoms with Crippen molar-refractivity contribution in [3.63, 3.8) is 0 Å². The summed E-state index contributed by atoms with van der Waals surface area (Å²) in [4.78, 5) is 0. The van der Waals surface area contributed by atoms with Gasteiger partial charge in [-0.2, -0.15) is 0 Å². The summed E-state index contributed by atoms with van der Waals surface area (Å²) in [7, 11) is 3.02. The summed E-state index contributed by atoms with van der Waals surface area (Å²) in [6.45, 7) is 3.87. The zero-order valence-corrected chi connectivity index (χ0v) is 9.64. The predicted molar refractivity (Wildman–Crippen MR) is 53.6 cm³/mol. The third kappa shape index (κ3) is 2.49. The fourth-order valence-electron chi connectivity index (χ4n) is 1.73. The maximum absolute atomic E-state index is 9.87. The van der Waals surface area contributed by atoms with Crippen molar-refractivity contribution in [1.29, 1.82) is 0 Å². The number of aliphatic hydroxyl groups is 2. The molecule has 0 amide bonds. The van der Waals surface area contributed by atoms with Crippen LogP contribution in [0.25, 0.3) is 0 Å². The number of ether oxygens (including phenoxy) is 3. The van der Waals surface area contributed by atoms with Crippen molar-refractivity contribution in [3.8, 4) is 0 Å². The smallest absolute Gasteiger partial charge is 0.114 e. The summed E-state index contributed by atoms with van der Waals surface area (Å²) >= 11 is 0. The Labute approximate surface area is 89.9 Å². The Hall–Kier alpha value is -0.200. The lowest BCUT2D eigenvalue weighted by Crippen LogP contribution is -2.60. The van der Waals surface area contributed by atoms with Crippen molar-refractivity contribution >= 4 is 0 Å². The molecular formula is C10H20O5. The monoisotopic (exact) mass is 220 g/mol. The summed E-state index contributed by atoms with van der Waals surface area (Å²) < 4.78 is 15.7. The molecule has 90 valence electrons. The van der Waals surface area contributed by atoms with Crippen molar-refractivity contribution in [3.05, 3.63) is 0 Å². The van der Waals surface area contributed by atoms with Gasteiger partial charge in [-0.25, -0.2) is 0 Å². The lowest BCUT2D eigenvalue weighted by atomic mass is 9.89. The van der Waals surface area contributed by atoms with Crippen molar-refractivity contribution in [2.45, 2.75) is 43.9 Å². The van der Waals surface area contributed by atoms with Gasteiger partial charge in [0, 0.05) is 14.2 Å². The molecule has 5 heteroatoms. The minimum Gasteiger partial charge on any atom is -0.388 e. The van der Waals surface area contributed by atoms with Gasteiger partial charge in [-0.1, -0.05) is 0 Å². The molecule has 1 rings (SSSR count). The van der Waals surface area contributed by atoms with E-state index in [9.17, 15) is 10.2 Å².